The predicted molar refractivity (Wildman–Crippen MR) is 37.5 cm³/mol. The Balaban J connectivity index is 2.90. The summed E-state index contributed by atoms with van der Waals surface area (Å²) in [6.07, 6.45) is 0. The van der Waals surface area contributed by atoms with E-state index in [4.69, 9.17) is 5.11 Å². The Labute approximate surface area is 68.6 Å². The van der Waals surface area contributed by atoms with Crippen molar-refractivity contribution in [1.82, 2.24) is 0 Å². The Hall–Kier alpha value is -1.36. The summed E-state index contributed by atoms with van der Waals surface area (Å²) in [7, 11) is 1.35. The van der Waals surface area contributed by atoms with Crippen molar-refractivity contribution >= 4 is 11.8 Å². The van der Waals surface area contributed by atoms with Crippen LogP contribution in [0.4, 0.5) is 0 Å². The van der Waals surface area contributed by atoms with E-state index >= 15 is 0 Å². The molecule has 0 aliphatic carbocycles. The molecule has 0 aromatic heterocycles. The lowest BCUT2D eigenvalue weighted by Gasteiger charge is -1.98. The van der Waals surface area contributed by atoms with Crippen LogP contribution in [0.3, 0.4) is 0 Å². The number of ether oxygens (including phenoxy) is 2. The van der Waals surface area contributed by atoms with Crippen LogP contribution in [0.2, 0.25) is 0 Å². The van der Waals surface area contributed by atoms with Gasteiger partial charge in [0.05, 0.1) is 0 Å². The molecule has 0 aromatic carbocycles. The van der Waals surface area contributed by atoms with E-state index in [-0.39, 0.29) is 24.5 Å². The van der Waals surface area contributed by atoms with Crippen LogP contribution >= 0.6 is 0 Å². The molecule has 1 fully saturated rings. The number of hydrogen-bond donors (Lipinski definition) is 1. The average Bonchev–Trinajstić information content (AvgIpc) is 2.32. The average molecular weight is 172 g/mol. The van der Waals surface area contributed by atoms with Crippen LogP contribution in [-0.2, 0) is 19.1 Å². The maximum atomic E-state index is 10.9. The maximum Gasteiger partial charge on any atom is 0.345 e. The van der Waals surface area contributed by atoms with Gasteiger partial charge in [0, 0.05) is 7.11 Å². The Morgan fingerprint density at radius 1 is 1.67 bits per heavy atom. The number of aliphatic hydroxyl groups excluding tert-OH is 1. The number of hydrogen-bond acceptors (Lipinski definition) is 5. The van der Waals surface area contributed by atoms with Crippen LogP contribution in [0.5, 0.6) is 0 Å². The number of carbonyl (C=O) groups is 2. The van der Waals surface area contributed by atoms with Crippen LogP contribution in [0.15, 0.2) is 11.3 Å². The molecule has 0 saturated carbocycles. The molecule has 1 heterocycles. The number of Topliss-reactive ketones (excluding diaryl/α,β-unsaturated/α-hetero) is 1. The van der Waals surface area contributed by atoms with Crippen molar-refractivity contribution in [3.8, 4) is 0 Å². The molecule has 0 bridgehead atoms. The van der Waals surface area contributed by atoms with Crippen molar-refractivity contribution in [2.45, 2.75) is 0 Å². The number of aliphatic hydroxyl groups is 1. The van der Waals surface area contributed by atoms with Crippen LogP contribution in [0.25, 0.3) is 0 Å². The zero-order valence-corrected chi connectivity index (χ0v) is 6.49. The summed E-state index contributed by atoms with van der Waals surface area (Å²) in [5, 5.41) is 9.12. The maximum absolute atomic E-state index is 10.9. The smallest absolute Gasteiger partial charge is 0.345 e. The lowest BCUT2D eigenvalue weighted by Crippen LogP contribution is -2.08. The third-order valence-corrected chi connectivity index (χ3v) is 1.39. The predicted octanol–water partition coefficient (Wildman–Crippen LogP) is -0.429. The fraction of sp³-hybridized carbons (Fsp3) is 0.429. The summed E-state index contributed by atoms with van der Waals surface area (Å²) in [5.74, 6) is -1.66. The molecule has 12 heavy (non-hydrogen) atoms. The minimum Gasteiger partial charge on any atom is -0.509 e. The highest BCUT2D eigenvalue weighted by Crippen LogP contribution is 2.12. The van der Waals surface area contributed by atoms with Gasteiger partial charge < -0.3 is 14.6 Å². The van der Waals surface area contributed by atoms with E-state index in [0.717, 1.165) is 0 Å². The standard InChI is InChI=1S/C7H8O5/c1-11-2-4(8)6-5(9)3-12-7(6)10/h8H,2-3H2,1H3. The Morgan fingerprint density at radius 2 is 2.33 bits per heavy atom. The van der Waals surface area contributed by atoms with Gasteiger partial charge in [-0.1, -0.05) is 0 Å². The molecule has 66 valence electrons. The Morgan fingerprint density at radius 3 is 2.75 bits per heavy atom. The van der Waals surface area contributed by atoms with Gasteiger partial charge in [0.15, 0.2) is 6.61 Å². The number of carbonyl (C=O) groups excluding carboxylic acids is 2. The minimum atomic E-state index is -0.783. The van der Waals surface area contributed by atoms with Crippen LogP contribution in [0.1, 0.15) is 0 Å². The molecule has 0 amide bonds. The quantitative estimate of drug-likeness (QED) is 0.265. The third-order valence-electron chi connectivity index (χ3n) is 1.39. The van der Waals surface area contributed by atoms with Crippen molar-refractivity contribution in [2.24, 2.45) is 0 Å². The molecule has 1 N–H and O–H groups in total. The number of rotatable bonds is 2. The first-order valence-electron chi connectivity index (χ1n) is 3.28. The summed E-state index contributed by atoms with van der Waals surface area (Å²) in [6.45, 7) is -0.446. The fourth-order valence-corrected chi connectivity index (χ4v) is 0.877. The second-order valence-electron chi connectivity index (χ2n) is 2.25. The summed E-state index contributed by atoms with van der Waals surface area (Å²) < 4.78 is 8.93. The van der Waals surface area contributed by atoms with E-state index in [1.54, 1.807) is 0 Å². The molecule has 1 saturated heterocycles. The molecule has 0 spiro atoms. The molecule has 1 aliphatic heterocycles. The molecular formula is C7H8O5. The minimum absolute atomic E-state index is 0.157. The van der Waals surface area contributed by atoms with E-state index in [9.17, 15) is 9.59 Å². The topological polar surface area (TPSA) is 72.8 Å². The largest absolute Gasteiger partial charge is 0.509 e. The Kier molecular flexibility index (Phi) is 2.44. The van der Waals surface area contributed by atoms with Gasteiger partial charge in [-0.25, -0.2) is 4.79 Å². The van der Waals surface area contributed by atoms with Crippen molar-refractivity contribution in [3.05, 3.63) is 11.3 Å². The molecule has 5 nitrogen and oxygen atoms in total. The van der Waals surface area contributed by atoms with Gasteiger partial charge in [0.25, 0.3) is 0 Å². The zero-order valence-electron chi connectivity index (χ0n) is 6.49. The summed E-state index contributed by atoms with van der Waals surface area (Å²) in [5.41, 5.74) is -0.295. The van der Waals surface area contributed by atoms with Gasteiger partial charge in [0.1, 0.15) is 17.9 Å². The number of ketones is 1. The molecule has 5 heteroatoms. The SMILES string of the molecule is COCC(O)=C1C(=O)COC1=O. The highest BCUT2D eigenvalue weighted by Gasteiger charge is 2.31. The van der Waals surface area contributed by atoms with Crippen LogP contribution in [-0.4, -0.2) is 37.2 Å². The highest BCUT2D eigenvalue weighted by molar-refractivity contribution is 6.22. The number of esters is 1. The molecular weight excluding hydrogens is 164 g/mol. The van der Waals surface area contributed by atoms with Crippen molar-refractivity contribution in [2.75, 3.05) is 20.3 Å². The van der Waals surface area contributed by atoms with Crippen molar-refractivity contribution in [1.29, 1.82) is 0 Å². The molecule has 0 unspecified atom stereocenters. The van der Waals surface area contributed by atoms with Gasteiger partial charge in [0.2, 0.25) is 5.78 Å². The van der Waals surface area contributed by atoms with Gasteiger partial charge >= 0.3 is 5.97 Å². The first-order valence-corrected chi connectivity index (χ1v) is 3.28. The van der Waals surface area contributed by atoms with Gasteiger partial charge in [-0.15, -0.1) is 0 Å². The second-order valence-corrected chi connectivity index (χ2v) is 2.25. The molecule has 0 atom stereocenters. The van der Waals surface area contributed by atoms with E-state index in [0.29, 0.717) is 0 Å². The Bertz CT molecular complexity index is 235. The van der Waals surface area contributed by atoms with E-state index in [2.05, 4.69) is 9.47 Å². The highest BCUT2D eigenvalue weighted by atomic mass is 16.5. The normalized spacial score (nSPS) is 21.1. The number of cyclic esters (lactones) is 1. The number of methoxy groups -OCH3 is 1. The molecule has 1 rings (SSSR count). The van der Waals surface area contributed by atoms with Crippen molar-refractivity contribution in [3.63, 3.8) is 0 Å². The monoisotopic (exact) mass is 172 g/mol. The van der Waals surface area contributed by atoms with E-state index in [1.165, 1.54) is 7.11 Å². The lowest BCUT2D eigenvalue weighted by molar-refractivity contribution is -0.135. The van der Waals surface area contributed by atoms with Crippen LogP contribution < -0.4 is 0 Å². The van der Waals surface area contributed by atoms with E-state index < -0.39 is 11.8 Å². The fourth-order valence-electron chi connectivity index (χ4n) is 0.877. The first-order chi connectivity index (χ1) is 5.66. The lowest BCUT2D eigenvalue weighted by atomic mass is 10.2. The first kappa shape index (κ1) is 8.73. The molecule has 1 aliphatic rings. The van der Waals surface area contributed by atoms with E-state index in [1.807, 2.05) is 0 Å². The summed E-state index contributed by atoms with van der Waals surface area (Å²) >= 11 is 0. The van der Waals surface area contributed by atoms with Gasteiger partial charge in [-0.3, -0.25) is 4.79 Å². The zero-order chi connectivity index (χ0) is 9.14. The van der Waals surface area contributed by atoms with Crippen molar-refractivity contribution < 1.29 is 24.2 Å². The molecule has 0 radical (unpaired) electrons. The molecule has 0 aromatic rings. The summed E-state index contributed by atoms with van der Waals surface area (Å²) in [4.78, 5) is 21.7. The van der Waals surface area contributed by atoms with Gasteiger partial charge in [-0.05, 0) is 0 Å². The summed E-state index contributed by atoms with van der Waals surface area (Å²) in [6, 6.07) is 0. The van der Waals surface area contributed by atoms with Crippen LogP contribution in [0, 0.1) is 0 Å². The second kappa shape index (κ2) is 3.36. The third kappa shape index (κ3) is 1.45. The van der Waals surface area contributed by atoms with Gasteiger partial charge in [-0.2, -0.15) is 0 Å².